The van der Waals surface area contributed by atoms with Crippen LogP contribution in [0, 0.1) is 5.82 Å². The van der Waals surface area contributed by atoms with Gasteiger partial charge in [0.2, 0.25) is 10.0 Å². The maximum atomic E-state index is 15.2. The number of anilines is 3. The van der Waals surface area contributed by atoms with Crippen LogP contribution in [0.25, 0.3) is 33.7 Å². The van der Waals surface area contributed by atoms with E-state index in [0.717, 1.165) is 13.2 Å². The van der Waals surface area contributed by atoms with Crippen LogP contribution < -0.4 is 15.8 Å². The summed E-state index contributed by atoms with van der Waals surface area (Å²) in [5.74, 6) is -0.159. The van der Waals surface area contributed by atoms with E-state index in [-0.39, 0.29) is 34.7 Å². The summed E-state index contributed by atoms with van der Waals surface area (Å²) in [6.45, 7) is 6.04. The van der Waals surface area contributed by atoms with Crippen LogP contribution in [0.15, 0.2) is 48.7 Å². The predicted molar refractivity (Wildman–Crippen MR) is 161 cm³/mol. The van der Waals surface area contributed by atoms with Crippen LogP contribution in [0.5, 0.6) is 0 Å². The van der Waals surface area contributed by atoms with Gasteiger partial charge in [-0.05, 0) is 56.7 Å². The molecule has 0 aliphatic heterocycles. The number of nitrogens with one attached hydrogen (secondary N) is 2. The molecule has 42 heavy (non-hydrogen) atoms. The van der Waals surface area contributed by atoms with Gasteiger partial charge in [0.05, 0.1) is 35.9 Å². The second-order valence-electron chi connectivity index (χ2n) is 8.76. The van der Waals surface area contributed by atoms with Crippen molar-refractivity contribution in [2.45, 2.75) is 20.3 Å². The van der Waals surface area contributed by atoms with E-state index in [1.807, 2.05) is 13.8 Å². The van der Waals surface area contributed by atoms with Crippen LogP contribution in [0.2, 0.25) is 0 Å². The van der Waals surface area contributed by atoms with Crippen LogP contribution in [0.1, 0.15) is 20.3 Å². The molecule has 0 atom stereocenters. The number of nitrogens with zero attached hydrogens (tertiary/aromatic N) is 4. The highest BCUT2D eigenvalue weighted by Gasteiger charge is 2.18. The van der Waals surface area contributed by atoms with Crippen molar-refractivity contribution < 1.29 is 26.7 Å². The number of methoxy groups -OCH3 is 1. The van der Waals surface area contributed by atoms with Crippen molar-refractivity contribution in [3.8, 4) is 22.6 Å². The summed E-state index contributed by atoms with van der Waals surface area (Å²) in [4.78, 5) is 17.6. The Morgan fingerprint density at radius 2 is 1.81 bits per heavy atom. The molecule has 226 valence electrons. The monoisotopic (exact) mass is 603 g/mol. The fourth-order valence-corrected chi connectivity index (χ4v) is 4.79. The van der Waals surface area contributed by atoms with E-state index in [9.17, 15) is 12.8 Å². The highest BCUT2D eigenvalue weighted by Crippen LogP contribution is 2.30. The number of aromatic nitrogens is 4. The minimum absolute atomic E-state index is 0.0526. The number of nitrogens with two attached hydrogens (primary N) is 1. The van der Waals surface area contributed by atoms with Gasteiger partial charge in [-0.2, -0.15) is 0 Å². The Labute approximate surface area is 244 Å². The number of ether oxygens (including phenoxy) is 2. The van der Waals surface area contributed by atoms with Crippen LogP contribution in [-0.2, 0) is 19.5 Å². The molecule has 14 heteroatoms. The van der Waals surface area contributed by atoms with Crippen molar-refractivity contribution in [2.75, 3.05) is 61.7 Å². The summed E-state index contributed by atoms with van der Waals surface area (Å²) in [5, 5.41) is 3.12. The standard InChI is InChI=1S/C24H25F2N7O3S.C4H10O/c1-36-12-11-28-20-9-6-15(14-29-20)24-31-19-8-7-17(30-22(19)23(27)32-24)16-4-2-5-18(21(16)26)33-37(34,35)13-3-10-25;1-3-5-4-2/h2,4-9,14,33H,3,10-13H2,1H3,(H,28,29)(H2,27,31,32);3-4H2,1-2H3. The van der Waals surface area contributed by atoms with Crippen LogP contribution >= 0.6 is 0 Å². The van der Waals surface area contributed by atoms with Gasteiger partial charge in [0.25, 0.3) is 0 Å². The zero-order chi connectivity index (χ0) is 30.5. The number of nitrogen functional groups attached to an aromatic ring is 1. The molecule has 0 unspecified atom stereocenters. The number of fused-ring (bicyclic) bond motifs is 1. The average Bonchev–Trinajstić information content (AvgIpc) is 2.98. The molecule has 4 rings (SSSR count). The van der Waals surface area contributed by atoms with Crippen molar-refractivity contribution in [1.82, 2.24) is 19.9 Å². The molecule has 0 fully saturated rings. The number of rotatable bonds is 13. The van der Waals surface area contributed by atoms with Crippen LogP contribution in [0.4, 0.5) is 26.1 Å². The molecule has 11 nitrogen and oxygen atoms in total. The predicted octanol–water partition coefficient (Wildman–Crippen LogP) is 4.68. The first-order chi connectivity index (χ1) is 20.2. The minimum atomic E-state index is -3.90. The number of hydrogen-bond donors (Lipinski definition) is 3. The van der Waals surface area contributed by atoms with Crippen molar-refractivity contribution in [2.24, 2.45) is 0 Å². The minimum Gasteiger partial charge on any atom is -0.383 e. The zero-order valence-electron chi connectivity index (χ0n) is 23.7. The third kappa shape index (κ3) is 8.99. The summed E-state index contributed by atoms with van der Waals surface area (Å²) >= 11 is 0. The number of sulfonamides is 1. The third-order valence-corrected chi connectivity index (χ3v) is 7.06. The van der Waals surface area contributed by atoms with Gasteiger partial charge in [-0.1, -0.05) is 6.07 Å². The van der Waals surface area contributed by atoms with Gasteiger partial charge in [-0.3, -0.25) is 9.11 Å². The van der Waals surface area contributed by atoms with Crippen molar-refractivity contribution in [3.05, 3.63) is 54.5 Å². The summed E-state index contributed by atoms with van der Waals surface area (Å²) < 4.78 is 63.8. The Hall–Kier alpha value is -4.01. The Morgan fingerprint density at radius 3 is 2.45 bits per heavy atom. The second kappa shape index (κ2) is 15.8. The topological polar surface area (TPSA) is 154 Å². The van der Waals surface area contributed by atoms with Gasteiger partial charge in [0, 0.05) is 44.2 Å². The van der Waals surface area contributed by atoms with Gasteiger partial charge in [0.1, 0.15) is 11.3 Å². The molecule has 0 amide bonds. The maximum absolute atomic E-state index is 15.2. The summed E-state index contributed by atoms with van der Waals surface area (Å²) in [5.41, 5.74) is 7.53. The maximum Gasteiger partial charge on any atom is 0.232 e. The molecule has 4 aromatic rings. The number of halogens is 2. The molecule has 3 aromatic heterocycles. The van der Waals surface area contributed by atoms with E-state index in [4.69, 9.17) is 15.2 Å². The van der Waals surface area contributed by atoms with Crippen molar-refractivity contribution in [3.63, 3.8) is 0 Å². The van der Waals surface area contributed by atoms with Gasteiger partial charge in [0.15, 0.2) is 17.5 Å². The number of benzene rings is 1. The third-order valence-electron chi connectivity index (χ3n) is 5.70. The first-order valence-corrected chi connectivity index (χ1v) is 14.9. The van der Waals surface area contributed by atoms with E-state index < -0.39 is 28.3 Å². The Kier molecular flexibility index (Phi) is 12.3. The average molecular weight is 604 g/mol. The Morgan fingerprint density at radius 1 is 1.02 bits per heavy atom. The Bertz CT molecular complexity index is 1560. The van der Waals surface area contributed by atoms with E-state index in [2.05, 4.69) is 30.0 Å². The fraction of sp³-hybridized carbons (Fsp3) is 0.357. The van der Waals surface area contributed by atoms with Crippen molar-refractivity contribution >= 4 is 38.4 Å². The first-order valence-electron chi connectivity index (χ1n) is 13.3. The molecule has 0 spiro atoms. The number of pyridine rings is 2. The zero-order valence-corrected chi connectivity index (χ0v) is 24.5. The van der Waals surface area contributed by atoms with Gasteiger partial charge >= 0.3 is 0 Å². The number of hydrogen-bond acceptors (Lipinski definition) is 10. The SMILES string of the molecule is CCOCC.COCCNc1ccc(-c2nc(N)c3nc(-c4cccc(NS(=O)(=O)CCCF)c4F)ccc3n2)cn1. The quantitative estimate of drug-likeness (QED) is 0.184. The molecular weight excluding hydrogens is 568 g/mol. The summed E-state index contributed by atoms with van der Waals surface area (Å²) in [6, 6.07) is 11.0. The lowest BCUT2D eigenvalue weighted by molar-refractivity contribution is 0.162. The largest absolute Gasteiger partial charge is 0.383 e. The normalized spacial score (nSPS) is 11.2. The van der Waals surface area contributed by atoms with E-state index in [0.29, 0.717) is 35.9 Å². The fourth-order valence-electron chi connectivity index (χ4n) is 3.70. The van der Waals surface area contributed by atoms with Gasteiger partial charge in [-0.25, -0.2) is 32.7 Å². The van der Waals surface area contributed by atoms with E-state index in [1.54, 1.807) is 37.6 Å². The molecule has 1 aromatic carbocycles. The lowest BCUT2D eigenvalue weighted by Gasteiger charge is -2.12. The Balaban J connectivity index is 0.000000892. The molecule has 4 N–H and O–H groups in total. The lowest BCUT2D eigenvalue weighted by Crippen LogP contribution is -2.18. The molecule has 0 aliphatic rings. The summed E-state index contributed by atoms with van der Waals surface area (Å²) in [7, 11) is -2.29. The van der Waals surface area contributed by atoms with E-state index in [1.165, 1.54) is 18.2 Å². The lowest BCUT2D eigenvalue weighted by atomic mass is 10.1. The highest BCUT2D eigenvalue weighted by atomic mass is 32.2. The molecule has 0 saturated carbocycles. The number of alkyl halides is 1. The van der Waals surface area contributed by atoms with Gasteiger partial charge < -0.3 is 20.5 Å². The molecule has 0 bridgehead atoms. The molecule has 0 radical (unpaired) electrons. The van der Waals surface area contributed by atoms with Gasteiger partial charge in [-0.15, -0.1) is 0 Å². The van der Waals surface area contributed by atoms with Crippen molar-refractivity contribution in [1.29, 1.82) is 0 Å². The molecule has 0 saturated heterocycles. The van der Waals surface area contributed by atoms with E-state index >= 15 is 4.39 Å². The molecule has 0 aliphatic carbocycles. The highest BCUT2D eigenvalue weighted by molar-refractivity contribution is 7.92. The van der Waals surface area contributed by atoms with Crippen LogP contribution in [-0.4, -0.2) is 74.3 Å². The van der Waals surface area contributed by atoms with Crippen LogP contribution in [0.3, 0.4) is 0 Å². The second-order valence-corrected chi connectivity index (χ2v) is 10.6. The summed E-state index contributed by atoms with van der Waals surface area (Å²) in [6.07, 6.45) is 1.43. The molecular formula is C28H35F2N7O4S. The first kappa shape index (κ1) is 32.5. The smallest absolute Gasteiger partial charge is 0.232 e. The molecule has 3 heterocycles.